The van der Waals surface area contributed by atoms with Crippen LogP contribution in [0.25, 0.3) is 11.3 Å². The molecule has 7 heteroatoms. The monoisotopic (exact) mass is 462 g/mol. The smallest absolute Gasteiger partial charge is 0.247 e. The highest BCUT2D eigenvalue weighted by atomic mass is 32.2. The van der Waals surface area contributed by atoms with Gasteiger partial charge in [0.2, 0.25) is 23.2 Å². The lowest BCUT2D eigenvalue weighted by Gasteiger charge is -2.30. The molecule has 1 unspecified atom stereocenters. The Bertz CT molecular complexity index is 1160. The number of hydrogen-bond acceptors (Lipinski definition) is 6. The Balaban J connectivity index is 1.87. The zero-order valence-electron chi connectivity index (χ0n) is 19.8. The lowest BCUT2D eigenvalue weighted by Crippen LogP contribution is -2.36. The van der Waals surface area contributed by atoms with Crippen LogP contribution in [-0.2, 0) is 11.2 Å². The summed E-state index contributed by atoms with van der Waals surface area (Å²) in [7, 11) is 0. The topological polar surface area (TPSA) is 68.2 Å². The van der Waals surface area contributed by atoms with E-state index < -0.39 is 6.23 Å². The van der Waals surface area contributed by atoms with Crippen molar-refractivity contribution in [2.45, 2.75) is 58.8 Å². The van der Waals surface area contributed by atoms with Gasteiger partial charge in [-0.05, 0) is 48.9 Å². The number of hydrogen-bond donors (Lipinski definition) is 0. The first kappa shape index (κ1) is 23.2. The average Bonchev–Trinajstić information content (AvgIpc) is 2.92. The summed E-state index contributed by atoms with van der Waals surface area (Å²) < 4.78 is 6.50. The maximum atomic E-state index is 13.0. The highest BCUT2D eigenvalue weighted by molar-refractivity contribution is 7.99. The number of aryl methyl sites for hydroxylation is 2. The van der Waals surface area contributed by atoms with Gasteiger partial charge in [0.05, 0.1) is 5.69 Å². The molecule has 6 nitrogen and oxygen atoms in total. The standard InChI is InChI=1S/C26H30N4O2S/c1-6-19-11-12-22-21(15-19)23-24(27-26(29-28-23)33-14-13-16(2)3)32-25(30(22)18(5)31)20-10-8-7-9-17(20)4/h7-12,15-16,25H,6,13-14H2,1-5H3. The van der Waals surface area contributed by atoms with Crippen LogP contribution in [-0.4, -0.2) is 26.8 Å². The summed E-state index contributed by atoms with van der Waals surface area (Å²) in [5.74, 6) is 1.82. The lowest BCUT2D eigenvalue weighted by atomic mass is 10.0. The maximum absolute atomic E-state index is 13.0. The van der Waals surface area contributed by atoms with Gasteiger partial charge >= 0.3 is 0 Å². The van der Waals surface area contributed by atoms with Crippen molar-refractivity contribution in [3.63, 3.8) is 0 Å². The van der Waals surface area contributed by atoms with Gasteiger partial charge in [-0.15, -0.1) is 10.2 Å². The van der Waals surface area contributed by atoms with Gasteiger partial charge in [0.1, 0.15) is 0 Å². The molecule has 0 aliphatic carbocycles. The van der Waals surface area contributed by atoms with Crippen molar-refractivity contribution in [1.82, 2.24) is 15.2 Å². The maximum Gasteiger partial charge on any atom is 0.247 e. The highest BCUT2D eigenvalue weighted by Gasteiger charge is 2.35. The van der Waals surface area contributed by atoms with Crippen LogP contribution in [0.4, 0.5) is 5.69 Å². The number of thioether (sulfide) groups is 1. The third-order valence-electron chi connectivity index (χ3n) is 5.80. The molecule has 1 aromatic heterocycles. The minimum atomic E-state index is -0.651. The first-order valence-electron chi connectivity index (χ1n) is 11.4. The second-order valence-electron chi connectivity index (χ2n) is 8.70. The second-order valence-corrected chi connectivity index (χ2v) is 9.76. The van der Waals surface area contributed by atoms with Crippen LogP contribution in [0.1, 0.15) is 57.0 Å². The Morgan fingerprint density at radius 3 is 2.67 bits per heavy atom. The predicted octanol–water partition coefficient (Wildman–Crippen LogP) is 5.99. The van der Waals surface area contributed by atoms with Gasteiger partial charge in [-0.2, -0.15) is 4.98 Å². The van der Waals surface area contributed by atoms with E-state index in [0.717, 1.165) is 46.5 Å². The number of nitrogens with zero attached hydrogens (tertiary/aromatic N) is 4. The minimum absolute atomic E-state index is 0.110. The molecular formula is C26H30N4O2S. The van der Waals surface area contributed by atoms with Crippen molar-refractivity contribution in [2.75, 3.05) is 10.7 Å². The second kappa shape index (κ2) is 9.91. The predicted molar refractivity (Wildman–Crippen MR) is 133 cm³/mol. The van der Waals surface area contributed by atoms with Crippen molar-refractivity contribution in [1.29, 1.82) is 0 Å². The van der Waals surface area contributed by atoms with Gasteiger partial charge in [-0.3, -0.25) is 9.69 Å². The molecule has 4 rings (SSSR count). The summed E-state index contributed by atoms with van der Waals surface area (Å²) in [5.41, 5.74) is 5.24. The van der Waals surface area contributed by atoms with Crippen molar-refractivity contribution in [3.8, 4) is 17.1 Å². The van der Waals surface area contributed by atoms with E-state index in [1.807, 2.05) is 43.3 Å². The Labute approximate surface area is 199 Å². The molecule has 3 aromatic rings. The van der Waals surface area contributed by atoms with E-state index >= 15 is 0 Å². The average molecular weight is 463 g/mol. The summed E-state index contributed by atoms with van der Waals surface area (Å²) >= 11 is 1.58. The Morgan fingerprint density at radius 2 is 1.97 bits per heavy atom. The quantitative estimate of drug-likeness (QED) is 0.419. The van der Waals surface area contributed by atoms with E-state index in [1.165, 1.54) is 0 Å². The normalized spacial score (nSPS) is 15.0. The van der Waals surface area contributed by atoms with Crippen molar-refractivity contribution >= 4 is 23.4 Å². The Hall–Kier alpha value is -2.93. The zero-order valence-corrected chi connectivity index (χ0v) is 20.6. The van der Waals surface area contributed by atoms with Gasteiger partial charge in [0.25, 0.3) is 0 Å². The van der Waals surface area contributed by atoms with Gasteiger partial charge < -0.3 is 4.74 Å². The number of fused-ring (bicyclic) bond motifs is 3. The van der Waals surface area contributed by atoms with Crippen LogP contribution in [0.15, 0.2) is 47.6 Å². The first-order chi connectivity index (χ1) is 15.9. The summed E-state index contributed by atoms with van der Waals surface area (Å²) in [5, 5.41) is 9.52. The number of ether oxygens (including phenoxy) is 1. The van der Waals surface area contributed by atoms with E-state index in [0.29, 0.717) is 22.6 Å². The van der Waals surface area contributed by atoms with Gasteiger partial charge in [-0.1, -0.05) is 62.9 Å². The first-order valence-corrected chi connectivity index (χ1v) is 12.4. The number of benzene rings is 2. The largest absolute Gasteiger partial charge is 0.447 e. The molecule has 1 atom stereocenters. The Kier molecular flexibility index (Phi) is 6.98. The van der Waals surface area contributed by atoms with E-state index in [9.17, 15) is 4.79 Å². The molecule has 0 fully saturated rings. The molecule has 0 saturated heterocycles. The minimum Gasteiger partial charge on any atom is -0.447 e. The van der Waals surface area contributed by atoms with Crippen molar-refractivity contribution in [2.24, 2.45) is 5.92 Å². The van der Waals surface area contributed by atoms with Gasteiger partial charge in [-0.25, -0.2) is 0 Å². The van der Waals surface area contributed by atoms with Crippen LogP contribution in [0.3, 0.4) is 0 Å². The number of carbonyl (C=O) groups is 1. The Morgan fingerprint density at radius 1 is 1.18 bits per heavy atom. The van der Waals surface area contributed by atoms with Crippen LogP contribution in [0.5, 0.6) is 5.88 Å². The number of amides is 1. The van der Waals surface area contributed by atoms with Crippen molar-refractivity contribution in [3.05, 3.63) is 59.2 Å². The molecule has 1 aliphatic heterocycles. The van der Waals surface area contributed by atoms with E-state index in [-0.39, 0.29) is 5.91 Å². The third kappa shape index (κ3) is 4.88. The molecule has 0 radical (unpaired) electrons. The fourth-order valence-corrected chi connectivity index (χ4v) is 4.90. The van der Waals surface area contributed by atoms with Gasteiger partial charge in [0, 0.05) is 23.8 Å². The SMILES string of the molecule is CCc1ccc2c(c1)-c1nnc(SCCC(C)C)nc1OC(c1ccccc1C)N2C(C)=O. The molecular weight excluding hydrogens is 432 g/mol. The summed E-state index contributed by atoms with van der Waals surface area (Å²) in [4.78, 5) is 19.4. The molecule has 33 heavy (non-hydrogen) atoms. The summed E-state index contributed by atoms with van der Waals surface area (Å²) in [6.07, 6.45) is 1.29. The van der Waals surface area contributed by atoms with Crippen LogP contribution in [0.2, 0.25) is 0 Å². The molecule has 172 valence electrons. The van der Waals surface area contributed by atoms with Gasteiger partial charge in [0.15, 0.2) is 5.69 Å². The molecule has 1 amide bonds. The number of anilines is 1. The van der Waals surface area contributed by atoms with E-state index in [2.05, 4.69) is 37.0 Å². The highest BCUT2D eigenvalue weighted by Crippen LogP contribution is 2.44. The third-order valence-corrected chi connectivity index (χ3v) is 6.67. The molecule has 1 aliphatic rings. The number of rotatable bonds is 6. The molecule has 0 saturated carbocycles. The zero-order chi connectivity index (χ0) is 23.5. The molecule has 0 N–H and O–H groups in total. The number of aromatic nitrogens is 3. The van der Waals surface area contributed by atoms with E-state index in [4.69, 9.17) is 9.72 Å². The fraction of sp³-hybridized carbons (Fsp3) is 0.385. The molecule has 2 aromatic carbocycles. The molecule has 0 bridgehead atoms. The lowest BCUT2D eigenvalue weighted by molar-refractivity contribution is -0.118. The summed E-state index contributed by atoms with van der Waals surface area (Å²) in [6, 6.07) is 14.1. The molecule has 0 spiro atoms. The number of carbonyl (C=O) groups excluding carboxylic acids is 1. The fourth-order valence-electron chi connectivity index (χ4n) is 3.88. The van der Waals surface area contributed by atoms with Crippen LogP contribution >= 0.6 is 11.8 Å². The molecule has 2 heterocycles. The van der Waals surface area contributed by atoms with E-state index in [1.54, 1.807) is 23.6 Å². The van der Waals surface area contributed by atoms with Crippen LogP contribution in [0, 0.1) is 12.8 Å². The van der Waals surface area contributed by atoms with Crippen molar-refractivity contribution < 1.29 is 9.53 Å². The summed E-state index contributed by atoms with van der Waals surface area (Å²) in [6.45, 7) is 10.1. The van der Waals surface area contributed by atoms with Crippen LogP contribution < -0.4 is 9.64 Å².